The number of aromatic amines is 1. The maximum Gasteiger partial charge on any atom is 0.331 e. The van der Waals surface area contributed by atoms with E-state index in [1.807, 2.05) is 0 Å². The number of carboxylic acid groups (broad SMARTS) is 4. The summed E-state index contributed by atoms with van der Waals surface area (Å²) in [5.41, 5.74) is 12.7. The molecule has 1 aromatic heterocycles. The van der Waals surface area contributed by atoms with Crippen molar-refractivity contribution >= 4 is 135 Å². The van der Waals surface area contributed by atoms with Gasteiger partial charge in [0.05, 0.1) is 38.7 Å². The topological polar surface area (TPSA) is 748 Å². The number of Topliss-reactive ketones (excluding diaryl/α,β-unsaturated/α-hetero) is 1. The Bertz CT molecular complexity index is 4260. The number of nitrogens with one attached hydrogen (secondary N) is 2. The number of cyclic esters (lactones) is 1. The van der Waals surface area contributed by atoms with Gasteiger partial charge in [-0.3, -0.25) is 29.4 Å². The van der Waals surface area contributed by atoms with Crippen molar-refractivity contribution < 1.29 is 131 Å². The van der Waals surface area contributed by atoms with Gasteiger partial charge < -0.3 is 118 Å². The quantitative estimate of drug-likeness (QED) is 0.00761. The number of anilines is 1. The highest BCUT2D eigenvalue weighted by atomic mass is 16.5. The van der Waals surface area contributed by atoms with Crippen LogP contribution in [0.25, 0.3) is 10.9 Å². The smallest absolute Gasteiger partial charge is 0.331 e. The number of ether oxygens (including phenoxy) is 1. The molecule has 0 radical (unpaired) electrons. The van der Waals surface area contributed by atoms with Crippen molar-refractivity contribution in [3.8, 4) is 0 Å². The largest absolute Gasteiger partial charge is 0.497 e. The molecule has 0 unspecified atom stereocenters. The van der Waals surface area contributed by atoms with E-state index in [4.69, 9.17) is 21.6 Å². The summed E-state index contributed by atoms with van der Waals surface area (Å²) < 4.78 is 5.72. The maximum atomic E-state index is 14.9. The summed E-state index contributed by atoms with van der Waals surface area (Å²) in [5, 5.41) is 218. The van der Waals surface area contributed by atoms with Crippen LogP contribution in [0.15, 0.2) is 120 Å². The third kappa shape index (κ3) is 32.5. The van der Waals surface area contributed by atoms with E-state index in [0.717, 1.165) is 59.3 Å². The van der Waals surface area contributed by atoms with Gasteiger partial charge in [-0.25, -0.2) is 69.7 Å². The Kier molecular flexibility index (Phi) is 39.2. The van der Waals surface area contributed by atoms with Crippen molar-refractivity contribution in [2.75, 3.05) is 32.0 Å². The molecule has 0 aliphatic carbocycles. The molecule has 630 valence electrons. The van der Waals surface area contributed by atoms with Crippen LogP contribution in [0.1, 0.15) is 146 Å². The van der Waals surface area contributed by atoms with Gasteiger partial charge in [-0.2, -0.15) is 0 Å². The molecule has 43 heteroatoms. The molecular weight excluding hydrogens is 1520 g/mol. The molecule has 0 saturated heterocycles. The van der Waals surface area contributed by atoms with Crippen molar-refractivity contribution in [3.63, 3.8) is 0 Å². The molecule has 1 aliphatic heterocycles. The Morgan fingerprint density at radius 1 is 0.574 bits per heavy atom. The summed E-state index contributed by atoms with van der Waals surface area (Å²) in [7, 11) is 0. The normalized spacial score (nSPS) is 22.1. The number of esters is 1. The van der Waals surface area contributed by atoms with Crippen LogP contribution in [-0.4, -0.2) is 319 Å². The number of nitrogen functional groups attached to an aromatic ring is 1. The number of aliphatic imine (C=N–C) groups is 13. The Morgan fingerprint density at radius 3 is 1.71 bits per heavy atom. The lowest BCUT2D eigenvalue weighted by Gasteiger charge is -2.24. The lowest BCUT2D eigenvalue weighted by molar-refractivity contribution is -0.150. The minimum absolute atomic E-state index is 0.0508. The number of carbonyl (C=O) groups is 6. The number of ketones is 1. The lowest BCUT2D eigenvalue weighted by Crippen LogP contribution is -2.40. The Hall–Kier alpha value is -12.7. The minimum atomic E-state index is -2.42. The van der Waals surface area contributed by atoms with Gasteiger partial charge in [0.2, 0.25) is 70.8 Å². The van der Waals surface area contributed by atoms with Crippen molar-refractivity contribution in [2.24, 2.45) is 76.6 Å². The van der Waals surface area contributed by atoms with Crippen LogP contribution in [0.4, 0.5) is 5.69 Å². The molecule has 0 fully saturated rings. The molecule has 3 aromatic rings. The molecule has 0 bridgehead atoms. The number of aliphatic hydroxyl groups is 15. The summed E-state index contributed by atoms with van der Waals surface area (Å²) in [6.45, 7) is 1.39. The summed E-state index contributed by atoms with van der Waals surface area (Å²) in [4.78, 5) is 132. The third-order valence-corrected chi connectivity index (χ3v) is 17.1. The molecule has 43 nitrogen and oxygen atoms in total. The number of unbranched alkanes of at least 4 members (excludes halogenated alkanes) is 6. The molecule has 115 heavy (non-hydrogen) atoms. The lowest BCUT2D eigenvalue weighted by atomic mass is 9.97. The highest BCUT2D eigenvalue weighted by Gasteiger charge is 2.37. The van der Waals surface area contributed by atoms with E-state index in [1.54, 1.807) is 30.5 Å². The van der Waals surface area contributed by atoms with E-state index >= 15 is 0 Å². The first kappa shape index (κ1) is 94.7. The number of benzene rings is 2. The minimum Gasteiger partial charge on any atom is -0.497 e. The molecule has 0 amide bonds. The zero-order valence-corrected chi connectivity index (χ0v) is 63.4. The second-order valence-electron chi connectivity index (χ2n) is 26.5. The van der Waals surface area contributed by atoms with Crippen LogP contribution < -0.4 is 11.5 Å². The van der Waals surface area contributed by atoms with E-state index in [-0.39, 0.29) is 43.5 Å². The number of hydrogen-bond acceptors (Lipinski definition) is 24. The first-order valence-corrected chi connectivity index (χ1v) is 36.3. The van der Waals surface area contributed by atoms with Crippen molar-refractivity contribution in [2.45, 2.75) is 209 Å². The van der Waals surface area contributed by atoms with Crippen LogP contribution in [0.5, 0.6) is 0 Å². The van der Waals surface area contributed by atoms with Crippen LogP contribution in [0.3, 0.4) is 0 Å². The molecule has 25 N–H and O–H groups in total. The van der Waals surface area contributed by atoms with Gasteiger partial charge in [0.15, 0.2) is 35.7 Å². The Labute approximate surface area is 657 Å². The van der Waals surface area contributed by atoms with Gasteiger partial charge in [-0.05, 0) is 69.3 Å². The monoisotopic (exact) mass is 1620 g/mol. The van der Waals surface area contributed by atoms with Gasteiger partial charge in [-0.1, -0.05) is 82.7 Å². The number of carboxylic acids is 4. The van der Waals surface area contributed by atoms with Gasteiger partial charge in [0.1, 0.15) is 67.5 Å². The van der Waals surface area contributed by atoms with Crippen LogP contribution >= 0.6 is 0 Å². The average Bonchev–Trinajstić information content (AvgIpc) is 1.72. The molecule has 2 heterocycles. The number of H-pyrrole nitrogens is 1. The van der Waals surface area contributed by atoms with Crippen LogP contribution in [0.2, 0.25) is 0 Å². The molecule has 2 aromatic carbocycles. The summed E-state index contributed by atoms with van der Waals surface area (Å²) in [6, 6.07) is -10.1. The highest BCUT2D eigenvalue weighted by Crippen LogP contribution is 2.25. The predicted octanol–water partition coefficient (Wildman–Crippen LogP) is 6.35. The van der Waals surface area contributed by atoms with Gasteiger partial charge in [-0.15, -0.1) is 0 Å². The number of carbonyl (C=O) groups excluding carboxylic acids is 2. The van der Waals surface area contributed by atoms with E-state index in [9.17, 15) is 126 Å². The number of aromatic nitrogens is 1. The zero-order valence-electron chi connectivity index (χ0n) is 63.4. The number of rotatable bonds is 35. The number of fused-ring (bicyclic) bond motifs is 1. The van der Waals surface area contributed by atoms with Gasteiger partial charge in [0.25, 0.3) is 0 Å². The predicted molar refractivity (Wildman–Crippen MR) is 426 cm³/mol. The first-order valence-electron chi connectivity index (χ1n) is 36.3. The molecule has 0 saturated carbocycles. The number of nitrogens with zero attached hydrogens (tertiary/aromatic N) is 13. The second-order valence-corrected chi connectivity index (χ2v) is 26.5. The Morgan fingerprint density at radius 2 is 1.11 bits per heavy atom. The maximum absolute atomic E-state index is 14.9. The number of para-hydroxylation sites is 2. The number of hydrogen-bond donors (Lipinski definition) is 23. The summed E-state index contributed by atoms with van der Waals surface area (Å²) in [5.74, 6) is -27.5. The molecular formula is C72H101N17O26. The van der Waals surface area contributed by atoms with Crippen molar-refractivity contribution in [1.29, 1.82) is 5.41 Å². The fourth-order valence-electron chi connectivity index (χ4n) is 11.1. The van der Waals surface area contributed by atoms with Crippen LogP contribution in [-0.2, 0) is 35.1 Å². The number of nitrogens with two attached hydrogens (primary N) is 2. The van der Waals surface area contributed by atoms with Gasteiger partial charge in [0, 0.05) is 47.6 Å². The molecule has 0 spiro atoms. The van der Waals surface area contributed by atoms with E-state index in [0.29, 0.717) is 22.9 Å². The highest BCUT2D eigenvalue weighted by molar-refractivity contribution is 6.04. The fourth-order valence-corrected chi connectivity index (χ4v) is 11.1. The van der Waals surface area contributed by atoms with Crippen molar-refractivity contribution in [1.82, 2.24) is 4.98 Å². The van der Waals surface area contributed by atoms with E-state index in [1.165, 1.54) is 24.3 Å². The number of aliphatic carboxylic acids is 4. The molecule has 4 rings (SSSR count). The van der Waals surface area contributed by atoms with E-state index < -0.39 is 255 Å². The number of aliphatic hydroxyl groups excluding tert-OH is 15. The van der Waals surface area contributed by atoms with Gasteiger partial charge >= 0.3 is 29.8 Å². The van der Waals surface area contributed by atoms with Crippen LogP contribution in [0, 0.1) is 11.3 Å². The standard InChI is InChI=1S/C72H101N17O26/c1-5-6-7-8-9-10-11-22-53(93)81-44(25-38-31-76-42-20-15-13-17-39(38)42)66(108)84-45(27-52(75)92)67(109)86-48(30-59(102)103)68(110)89-61-37(4)115-72(114)49(26-51(91)40-18-12-14-19-41(40)74)87-71(113)60(35(2)24-56(96)97)88-69(111)50(34-90)82-55(95)32-77-63(105)46(28-57(98)99)83-62(104)36(3)79-65(107)47(29-58(100)101)85-64(106)43(21-16-23-73)80-54(94)33-78-70(61)112/h12-15,17-20,31,35-37,43-50,60-61,76,90H,5-11,16,21-30,32-34,73-74H2,1-4H3,(H2,75,92)(H,77,105)(H,78,112)(H,79,107)(H,80,94)(H,81,93)(H,82,95)(H,83,104)(H,84,108)(H,85,106)(H,86,109)(H,87,113)(H,88,111)(H,89,110)(H,96,97)(H,98,99)(H,100,101)(H,102,103)/t35-,36-,37-,43+,44+,45-,46+,47+,48+,49+,50-,60+,61+/m1/s1. The third-order valence-electron chi connectivity index (χ3n) is 17.1. The molecule has 1 aliphatic rings. The van der Waals surface area contributed by atoms with E-state index in [2.05, 4.69) is 76.8 Å². The molecule has 13 atom stereocenters. The zero-order chi connectivity index (χ0) is 85.8. The summed E-state index contributed by atoms with van der Waals surface area (Å²) in [6.07, 6.45) is -1.59. The Balaban J connectivity index is 2.11. The first-order chi connectivity index (χ1) is 54.4. The second kappa shape index (κ2) is 47.6. The fraction of sp³-hybridized carbons (Fsp3) is 0.528. The summed E-state index contributed by atoms with van der Waals surface area (Å²) >= 11 is 0. The van der Waals surface area contributed by atoms with Crippen molar-refractivity contribution in [3.05, 3.63) is 65.9 Å². The average molecular weight is 1620 g/mol. The SMILES string of the molecule is CCCCCCCCCC(O)=N[C@@H](Cc1c[nH]c2ccccc12)C(O)=N[C@H](CC(=N)O)C(O)=N[C@@H](CC(=O)O)C(O)=N[C@@H]1C(O)=NCC(O)=N[C@@H](CCCN)C(O)=N[C@@H](CC(=O)O)C(O)=N[C@H](C)C(O)=N[C@@H](CC(=O)O)C(O)=NCC(O)=N[C@H](CO)C(O)=N[C@@H]([C@H](C)CC(=O)O)C(O)=N[C@@H](CC(=O)c2ccccc2N)C(=O)O[C@@H]1C.